The van der Waals surface area contributed by atoms with Gasteiger partial charge in [0.15, 0.2) is 0 Å². The molecule has 0 saturated carbocycles. The molecule has 21 heavy (non-hydrogen) atoms. The Bertz CT molecular complexity index is 534. The number of para-hydroxylation sites is 1. The van der Waals surface area contributed by atoms with E-state index in [1.807, 2.05) is 35.8 Å². The molecule has 1 aromatic carbocycles. The average Bonchev–Trinajstić information content (AvgIpc) is 2.86. The highest BCUT2D eigenvalue weighted by Gasteiger charge is 2.31. The molecule has 1 saturated heterocycles. The summed E-state index contributed by atoms with van der Waals surface area (Å²) >= 11 is 0. The molecule has 1 heterocycles. The number of carbonyl (C=O) groups excluding carboxylic acids is 3. The van der Waals surface area contributed by atoms with Crippen molar-refractivity contribution in [3.63, 3.8) is 0 Å². The second-order valence-electron chi connectivity index (χ2n) is 4.46. The van der Waals surface area contributed by atoms with Crippen molar-refractivity contribution in [1.82, 2.24) is 16.2 Å². The summed E-state index contributed by atoms with van der Waals surface area (Å²) in [5.74, 6) is -0.0626. The number of hydrazine groups is 1. The Labute approximate surface area is 121 Å². The molecule has 112 valence electrons. The van der Waals surface area contributed by atoms with Crippen molar-refractivity contribution in [2.45, 2.75) is 12.5 Å². The van der Waals surface area contributed by atoms with Crippen LogP contribution < -0.4 is 21.1 Å². The van der Waals surface area contributed by atoms with E-state index in [9.17, 15) is 14.4 Å². The van der Waals surface area contributed by atoms with Crippen LogP contribution in [0.15, 0.2) is 30.3 Å². The van der Waals surface area contributed by atoms with Crippen molar-refractivity contribution in [3.8, 4) is 0 Å². The van der Waals surface area contributed by atoms with Crippen molar-refractivity contribution in [3.05, 3.63) is 30.3 Å². The molecule has 0 spiro atoms. The van der Waals surface area contributed by atoms with E-state index in [1.54, 1.807) is 4.90 Å². The molecule has 0 bridgehead atoms. The minimum Gasteiger partial charge on any atom is -0.452 e. The van der Waals surface area contributed by atoms with Gasteiger partial charge in [0.2, 0.25) is 5.91 Å². The minimum atomic E-state index is -0.779. The molecule has 0 radical (unpaired) electrons. The van der Waals surface area contributed by atoms with Crippen molar-refractivity contribution < 1.29 is 19.1 Å². The van der Waals surface area contributed by atoms with E-state index in [2.05, 4.69) is 15.5 Å². The number of anilines is 1. The summed E-state index contributed by atoms with van der Waals surface area (Å²) < 4.78 is 4.31. The lowest BCUT2D eigenvalue weighted by Crippen LogP contribution is -2.50. The van der Waals surface area contributed by atoms with E-state index in [1.165, 1.54) is 7.11 Å². The summed E-state index contributed by atoms with van der Waals surface area (Å²) in [6, 6.07) is 8.29. The van der Waals surface area contributed by atoms with Gasteiger partial charge in [0.05, 0.1) is 13.2 Å². The fourth-order valence-electron chi connectivity index (χ4n) is 2.04. The summed E-state index contributed by atoms with van der Waals surface area (Å²) in [6.07, 6.45) is -0.570. The highest BCUT2D eigenvalue weighted by atomic mass is 16.5. The molecule has 1 aliphatic heterocycles. The topological polar surface area (TPSA) is 99.8 Å². The van der Waals surface area contributed by atoms with Gasteiger partial charge >= 0.3 is 12.1 Å². The zero-order chi connectivity index (χ0) is 15.2. The molecule has 1 atom stereocenters. The maximum atomic E-state index is 11.9. The Morgan fingerprint density at radius 1 is 1.24 bits per heavy atom. The number of nitrogens with zero attached hydrogens (tertiary/aromatic N) is 1. The van der Waals surface area contributed by atoms with Gasteiger partial charge < -0.3 is 15.0 Å². The van der Waals surface area contributed by atoms with Crippen LogP contribution in [0.1, 0.15) is 6.42 Å². The van der Waals surface area contributed by atoms with Crippen LogP contribution in [0.4, 0.5) is 15.3 Å². The SMILES string of the molecule is COC(=O)NNC(=O)N[C@@H]1CC(=O)N(c2ccccc2)C1. The molecule has 0 unspecified atom stereocenters. The first-order chi connectivity index (χ1) is 10.1. The van der Waals surface area contributed by atoms with Gasteiger partial charge in [0.1, 0.15) is 0 Å². The van der Waals surface area contributed by atoms with Crippen LogP contribution in [-0.4, -0.2) is 37.7 Å². The Morgan fingerprint density at radius 3 is 2.62 bits per heavy atom. The Hall–Kier alpha value is -2.77. The Balaban J connectivity index is 1.85. The van der Waals surface area contributed by atoms with Gasteiger partial charge in [-0.2, -0.15) is 0 Å². The highest BCUT2D eigenvalue weighted by molar-refractivity contribution is 5.96. The molecule has 4 amide bonds. The first kappa shape index (κ1) is 14.6. The first-order valence-corrected chi connectivity index (χ1v) is 6.36. The molecule has 8 heteroatoms. The number of hydrogen-bond acceptors (Lipinski definition) is 4. The van der Waals surface area contributed by atoms with E-state index in [-0.39, 0.29) is 18.4 Å². The van der Waals surface area contributed by atoms with Gasteiger partial charge in [-0.25, -0.2) is 20.4 Å². The van der Waals surface area contributed by atoms with Gasteiger partial charge in [-0.15, -0.1) is 0 Å². The van der Waals surface area contributed by atoms with E-state index in [0.29, 0.717) is 6.54 Å². The van der Waals surface area contributed by atoms with Crippen LogP contribution in [0.25, 0.3) is 0 Å². The minimum absolute atomic E-state index is 0.0626. The summed E-state index contributed by atoms with van der Waals surface area (Å²) in [7, 11) is 1.18. The zero-order valence-corrected chi connectivity index (χ0v) is 11.5. The van der Waals surface area contributed by atoms with E-state index >= 15 is 0 Å². The third-order valence-corrected chi connectivity index (χ3v) is 2.99. The number of amides is 4. The molecule has 1 fully saturated rings. The molecule has 0 aromatic heterocycles. The first-order valence-electron chi connectivity index (χ1n) is 6.36. The normalized spacial score (nSPS) is 17.3. The Kier molecular flexibility index (Phi) is 4.60. The number of hydrogen-bond donors (Lipinski definition) is 3. The van der Waals surface area contributed by atoms with Crippen LogP contribution in [0.2, 0.25) is 0 Å². The lowest BCUT2D eigenvalue weighted by atomic mass is 10.2. The van der Waals surface area contributed by atoms with Crippen molar-refractivity contribution in [2.75, 3.05) is 18.6 Å². The number of nitrogens with one attached hydrogen (secondary N) is 3. The summed E-state index contributed by atoms with van der Waals surface area (Å²) in [5.41, 5.74) is 4.96. The van der Waals surface area contributed by atoms with Gasteiger partial charge in [-0.3, -0.25) is 4.79 Å². The fraction of sp³-hybridized carbons (Fsp3) is 0.308. The molecule has 1 aromatic rings. The van der Waals surface area contributed by atoms with E-state index in [4.69, 9.17) is 0 Å². The van der Waals surface area contributed by atoms with Crippen LogP contribution >= 0.6 is 0 Å². The van der Waals surface area contributed by atoms with Crippen LogP contribution in [-0.2, 0) is 9.53 Å². The molecule has 3 N–H and O–H groups in total. The van der Waals surface area contributed by atoms with Gasteiger partial charge in [-0.1, -0.05) is 18.2 Å². The second-order valence-corrected chi connectivity index (χ2v) is 4.46. The molecule has 8 nitrogen and oxygen atoms in total. The number of carbonyl (C=O) groups is 3. The molecule has 2 rings (SSSR count). The molecule has 0 aliphatic carbocycles. The zero-order valence-electron chi connectivity index (χ0n) is 11.5. The predicted octanol–water partition coefficient (Wildman–Crippen LogP) is 0.362. The third kappa shape index (κ3) is 3.85. The van der Waals surface area contributed by atoms with Crippen molar-refractivity contribution in [2.24, 2.45) is 0 Å². The lowest BCUT2D eigenvalue weighted by molar-refractivity contribution is -0.117. The molecular weight excluding hydrogens is 276 g/mol. The van der Waals surface area contributed by atoms with Crippen molar-refractivity contribution in [1.29, 1.82) is 0 Å². The number of ether oxygens (including phenoxy) is 1. The standard InChI is InChI=1S/C13H16N4O4/c1-21-13(20)16-15-12(19)14-9-7-11(18)17(8-9)10-5-3-2-4-6-10/h2-6,9H,7-8H2,1H3,(H,16,20)(H2,14,15,19)/t9-/m1/s1. The smallest absolute Gasteiger partial charge is 0.425 e. The van der Waals surface area contributed by atoms with Crippen molar-refractivity contribution >= 4 is 23.7 Å². The van der Waals surface area contributed by atoms with Gasteiger partial charge in [0, 0.05) is 18.7 Å². The van der Waals surface area contributed by atoms with Gasteiger partial charge in [-0.05, 0) is 12.1 Å². The number of rotatable bonds is 2. The maximum absolute atomic E-state index is 11.9. The highest BCUT2D eigenvalue weighted by Crippen LogP contribution is 2.20. The summed E-state index contributed by atoms with van der Waals surface area (Å²) in [4.78, 5) is 35.9. The summed E-state index contributed by atoms with van der Waals surface area (Å²) in [5, 5.41) is 2.61. The van der Waals surface area contributed by atoms with Gasteiger partial charge in [0.25, 0.3) is 0 Å². The summed E-state index contributed by atoms with van der Waals surface area (Å²) in [6.45, 7) is 0.383. The molecular formula is C13H16N4O4. The number of urea groups is 1. The largest absolute Gasteiger partial charge is 0.452 e. The van der Waals surface area contributed by atoms with Crippen LogP contribution in [0.5, 0.6) is 0 Å². The van der Waals surface area contributed by atoms with E-state index in [0.717, 1.165) is 5.69 Å². The average molecular weight is 292 g/mol. The Morgan fingerprint density at radius 2 is 1.95 bits per heavy atom. The fourth-order valence-corrected chi connectivity index (χ4v) is 2.04. The monoisotopic (exact) mass is 292 g/mol. The van der Waals surface area contributed by atoms with Crippen LogP contribution in [0.3, 0.4) is 0 Å². The van der Waals surface area contributed by atoms with Crippen LogP contribution in [0, 0.1) is 0 Å². The second kappa shape index (κ2) is 6.60. The third-order valence-electron chi connectivity index (χ3n) is 2.99. The quantitative estimate of drug-likeness (QED) is 0.685. The number of methoxy groups -OCH3 is 1. The predicted molar refractivity (Wildman–Crippen MR) is 74.4 cm³/mol. The molecule has 1 aliphatic rings. The number of benzene rings is 1. The maximum Gasteiger partial charge on any atom is 0.425 e. The lowest BCUT2D eigenvalue weighted by Gasteiger charge is -2.17. The van der Waals surface area contributed by atoms with E-state index < -0.39 is 12.1 Å².